The van der Waals surface area contributed by atoms with E-state index in [0.29, 0.717) is 28.0 Å². The van der Waals surface area contributed by atoms with Crippen molar-refractivity contribution in [2.75, 3.05) is 0 Å². The summed E-state index contributed by atoms with van der Waals surface area (Å²) < 4.78 is 1.43. The topological polar surface area (TPSA) is 96.6 Å². The number of fused-ring (bicyclic) bond motifs is 3. The monoisotopic (exact) mass is 374 g/mol. The molecule has 5 rings (SSSR count). The van der Waals surface area contributed by atoms with Crippen LogP contribution >= 0.6 is 0 Å². The Kier molecular flexibility index (Phi) is 3.51. The summed E-state index contributed by atoms with van der Waals surface area (Å²) in [7, 11) is 0. The van der Waals surface area contributed by atoms with Gasteiger partial charge >= 0.3 is 0 Å². The Bertz CT molecular complexity index is 1220. The second kappa shape index (κ2) is 5.84. The Hall–Kier alpha value is -3.32. The van der Waals surface area contributed by atoms with Gasteiger partial charge in [0.25, 0.3) is 5.56 Å². The highest BCUT2D eigenvalue weighted by molar-refractivity contribution is 5.87. The van der Waals surface area contributed by atoms with Crippen LogP contribution in [0.5, 0.6) is 0 Å². The number of nitrogens with one attached hydrogen (secondary N) is 1. The Morgan fingerprint density at radius 3 is 2.75 bits per heavy atom. The summed E-state index contributed by atoms with van der Waals surface area (Å²) in [5.74, 6) is 0.172. The minimum Gasteiger partial charge on any atom is -0.379 e. The molecule has 0 fully saturated rings. The van der Waals surface area contributed by atoms with Gasteiger partial charge in [-0.2, -0.15) is 0 Å². The maximum Gasteiger partial charge on any atom is 0.262 e. The maximum absolute atomic E-state index is 13.2. The van der Waals surface area contributed by atoms with Gasteiger partial charge in [0.1, 0.15) is 17.5 Å². The zero-order valence-corrected chi connectivity index (χ0v) is 15.2. The van der Waals surface area contributed by atoms with Crippen LogP contribution < -0.4 is 10.9 Å². The number of nitrogens with zero attached hydrogens (tertiary/aromatic N) is 3. The van der Waals surface area contributed by atoms with E-state index >= 15 is 0 Å². The van der Waals surface area contributed by atoms with Crippen molar-refractivity contribution in [3.05, 3.63) is 70.3 Å². The molecule has 28 heavy (non-hydrogen) atoms. The van der Waals surface area contributed by atoms with Crippen LogP contribution in [0.3, 0.4) is 0 Å². The van der Waals surface area contributed by atoms with E-state index in [0.717, 1.165) is 0 Å². The summed E-state index contributed by atoms with van der Waals surface area (Å²) in [5.41, 5.74) is 0.177. The lowest BCUT2D eigenvalue weighted by molar-refractivity contribution is -0.128. The number of carbonyl (C=O) groups excluding carboxylic acids is 1. The largest absolute Gasteiger partial charge is 0.379 e. The quantitative estimate of drug-likeness (QED) is 0.718. The molecule has 2 N–H and O–H groups in total. The summed E-state index contributed by atoms with van der Waals surface area (Å²) in [6.45, 7) is 1.79. The molecule has 2 aliphatic heterocycles. The molecule has 0 saturated carbocycles. The van der Waals surface area contributed by atoms with Crippen molar-refractivity contribution in [3.8, 4) is 0 Å². The van der Waals surface area contributed by atoms with E-state index in [-0.39, 0.29) is 17.9 Å². The van der Waals surface area contributed by atoms with Crippen molar-refractivity contribution in [2.45, 2.75) is 31.0 Å². The minimum atomic E-state index is -1.43. The molecular weight excluding hydrogens is 356 g/mol. The number of aliphatic imine (C=N–C) groups is 1. The fourth-order valence-electron chi connectivity index (χ4n) is 4.10. The van der Waals surface area contributed by atoms with Gasteiger partial charge in [0.2, 0.25) is 5.91 Å². The fourth-order valence-corrected chi connectivity index (χ4v) is 4.10. The van der Waals surface area contributed by atoms with Crippen LogP contribution in [-0.4, -0.2) is 26.8 Å². The Balaban J connectivity index is 1.67. The van der Waals surface area contributed by atoms with E-state index in [1.54, 1.807) is 31.2 Å². The zero-order chi connectivity index (χ0) is 19.5. The molecule has 1 amide bonds. The van der Waals surface area contributed by atoms with Crippen LogP contribution in [0, 0.1) is 0 Å². The molecule has 0 spiro atoms. The predicted molar refractivity (Wildman–Crippen MR) is 105 cm³/mol. The number of rotatable bonds is 2. The molecule has 0 bridgehead atoms. The van der Waals surface area contributed by atoms with E-state index < -0.39 is 17.7 Å². The van der Waals surface area contributed by atoms with Crippen LogP contribution in [0.25, 0.3) is 10.9 Å². The van der Waals surface area contributed by atoms with E-state index in [9.17, 15) is 14.7 Å². The number of aliphatic hydroxyl groups is 1. The van der Waals surface area contributed by atoms with Gasteiger partial charge in [-0.15, -0.1) is 0 Å². The Labute approximate surface area is 160 Å². The van der Waals surface area contributed by atoms with Crippen LogP contribution in [0.4, 0.5) is 5.69 Å². The summed E-state index contributed by atoms with van der Waals surface area (Å²) in [4.78, 5) is 35.0. The molecule has 3 aromatic rings. The maximum atomic E-state index is 13.2. The minimum absolute atomic E-state index is 0.000998. The highest BCUT2D eigenvalue weighted by Crippen LogP contribution is 2.40. The first-order valence-corrected chi connectivity index (χ1v) is 9.16. The van der Waals surface area contributed by atoms with Crippen LogP contribution in [0.15, 0.2) is 58.3 Å². The molecule has 7 heteroatoms. The van der Waals surface area contributed by atoms with Gasteiger partial charge < -0.3 is 10.4 Å². The second-order valence-corrected chi connectivity index (χ2v) is 7.31. The highest BCUT2D eigenvalue weighted by atomic mass is 16.3. The smallest absolute Gasteiger partial charge is 0.262 e. The average Bonchev–Trinajstić information content (AvgIpc) is 3.03. The van der Waals surface area contributed by atoms with Crippen LogP contribution in [-0.2, 0) is 10.4 Å². The van der Waals surface area contributed by atoms with E-state index in [1.807, 2.05) is 24.3 Å². The number of para-hydroxylation sites is 2. The Morgan fingerprint density at radius 1 is 1.14 bits per heavy atom. The third-order valence-corrected chi connectivity index (χ3v) is 5.49. The number of hydrogen-bond donors (Lipinski definition) is 2. The predicted octanol–water partition coefficient (Wildman–Crippen LogP) is 2.12. The van der Waals surface area contributed by atoms with Crippen molar-refractivity contribution >= 4 is 28.7 Å². The van der Waals surface area contributed by atoms with Gasteiger partial charge in [-0.1, -0.05) is 30.3 Å². The fraction of sp³-hybridized carbons (Fsp3) is 0.238. The zero-order valence-electron chi connectivity index (χ0n) is 15.2. The first-order chi connectivity index (χ1) is 13.5. The van der Waals surface area contributed by atoms with E-state index in [2.05, 4.69) is 15.3 Å². The van der Waals surface area contributed by atoms with E-state index in [1.165, 1.54) is 10.8 Å². The van der Waals surface area contributed by atoms with Crippen molar-refractivity contribution in [1.29, 1.82) is 0 Å². The molecule has 7 nitrogen and oxygen atoms in total. The molecular formula is C21H18N4O3. The number of hydrogen-bond acceptors (Lipinski definition) is 5. The molecule has 3 heterocycles. The lowest BCUT2D eigenvalue weighted by Gasteiger charge is -2.34. The first-order valence-electron chi connectivity index (χ1n) is 9.16. The summed E-state index contributed by atoms with van der Waals surface area (Å²) in [5, 5.41) is 14.6. The van der Waals surface area contributed by atoms with Crippen LogP contribution in [0.1, 0.15) is 36.8 Å². The number of benzene rings is 2. The SMILES string of the molecule is C[C@@H]1NC(=O)[C@@H](C[C@@]2(O)C=Nc3ccccc32)n2c1nc1ccccc1c2=O. The summed E-state index contributed by atoms with van der Waals surface area (Å²) in [6.07, 6.45) is 1.45. The van der Waals surface area contributed by atoms with Crippen molar-refractivity contribution in [1.82, 2.24) is 14.9 Å². The number of aromatic nitrogens is 2. The van der Waals surface area contributed by atoms with Gasteiger partial charge in [-0.05, 0) is 25.1 Å². The molecule has 3 atom stereocenters. The van der Waals surface area contributed by atoms with Crippen molar-refractivity contribution in [3.63, 3.8) is 0 Å². The molecule has 2 aromatic carbocycles. The van der Waals surface area contributed by atoms with Gasteiger partial charge in [-0.3, -0.25) is 19.1 Å². The molecule has 2 aliphatic rings. The Morgan fingerprint density at radius 2 is 1.89 bits per heavy atom. The lowest BCUT2D eigenvalue weighted by atomic mass is 9.88. The third-order valence-electron chi connectivity index (χ3n) is 5.49. The van der Waals surface area contributed by atoms with Gasteiger partial charge in [0.15, 0.2) is 0 Å². The first kappa shape index (κ1) is 16.8. The number of carbonyl (C=O) groups is 1. The van der Waals surface area contributed by atoms with Gasteiger partial charge in [-0.25, -0.2) is 4.98 Å². The molecule has 1 aromatic heterocycles. The standard InChI is InChI=1S/C21H18N4O3/c1-12-18-24-15-8-4-2-6-13(15)20(27)25(18)17(19(26)23-12)10-21(28)11-22-16-9-5-3-7-14(16)21/h2-9,11-12,17,28H,10H2,1H3,(H,23,26)/t12-,17+,21+/m0/s1. The molecule has 0 radical (unpaired) electrons. The lowest BCUT2D eigenvalue weighted by Crippen LogP contribution is -2.49. The third kappa shape index (κ3) is 2.33. The summed E-state index contributed by atoms with van der Waals surface area (Å²) in [6, 6.07) is 13.0. The number of amides is 1. The average molecular weight is 374 g/mol. The van der Waals surface area contributed by atoms with Crippen molar-refractivity contribution in [2.24, 2.45) is 4.99 Å². The summed E-state index contributed by atoms with van der Waals surface area (Å²) >= 11 is 0. The van der Waals surface area contributed by atoms with Crippen molar-refractivity contribution < 1.29 is 9.90 Å². The normalized spacial score (nSPS) is 25.4. The molecule has 0 aliphatic carbocycles. The molecule has 140 valence electrons. The second-order valence-electron chi connectivity index (χ2n) is 7.31. The molecule has 0 saturated heterocycles. The van der Waals surface area contributed by atoms with E-state index in [4.69, 9.17) is 0 Å². The molecule has 0 unspecified atom stereocenters. The van der Waals surface area contributed by atoms with Crippen LogP contribution in [0.2, 0.25) is 0 Å². The van der Waals surface area contributed by atoms with Gasteiger partial charge in [0, 0.05) is 18.2 Å². The van der Waals surface area contributed by atoms with Gasteiger partial charge in [0.05, 0.1) is 22.6 Å². The highest BCUT2D eigenvalue weighted by Gasteiger charge is 2.42.